The average molecular weight is 447 g/mol. The van der Waals surface area contributed by atoms with Gasteiger partial charge in [-0.05, 0) is 51.6 Å². The molecule has 0 saturated heterocycles. The van der Waals surface area contributed by atoms with Gasteiger partial charge in [-0.3, -0.25) is 9.59 Å². The average Bonchev–Trinajstić information content (AvgIpc) is 2.77. The van der Waals surface area contributed by atoms with Crippen molar-refractivity contribution in [1.29, 1.82) is 0 Å². The van der Waals surface area contributed by atoms with Crippen LogP contribution in [0.2, 0.25) is 0 Å². The first kappa shape index (κ1) is 25.0. The highest BCUT2D eigenvalue weighted by atomic mass is 16.4. The normalized spacial score (nSPS) is 15.2. The summed E-state index contributed by atoms with van der Waals surface area (Å²) in [7, 11) is 0. The summed E-state index contributed by atoms with van der Waals surface area (Å²) in [6.45, 7) is 0.797. The Morgan fingerprint density at radius 3 is 1.44 bits per heavy atom. The van der Waals surface area contributed by atoms with Crippen LogP contribution in [0.3, 0.4) is 0 Å². The number of carbonyl (C=O) groups is 4. The number of carboxylic acids is 2. The zero-order chi connectivity index (χ0) is 23.7. The van der Waals surface area contributed by atoms with Crippen molar-refractivity contribution in [1.82, 2.24) is 10.6 Å². The van der Waals surface area contributed by atoms with Crippen LogP contribution in [-0.2, 0) is 9.59 Å². The van der Waals surface area contributed by atoms with Crippen LogP contribution in [0.15, 0.2) is 35.7 Å². The summed E-state index contributed by atoms with van der Waals surface area (Å²) in [5.74, 6) is -3.52. The lowest BCUT2D eigenvalue weighted by Gasteiger charge is -2.27. The molecule has 0 amide bonds. The first-order valence-electron chi connectivity index (χ1n) is 10.6. The molecule has 0 heterocycles. The second-order valence-electron chi connectivity index (χ2n) is 7.59. The Balaban J connectivity index is 2.44. The van der Waals surface area contributed by atoms with E-state index >= 15 is 0 Å². The number of unbranched alkanes of at least 4 members (excludes halogenated alkanes) is 2. The number of carbonyl (C=O) groups excluding carboxylic acids is 2. The highest BCUT2D eigenvalue weighted by Crippen LogP contribution is 2.25. The van der Waals surface area contributed by atoms with Crippen molar-refractivity contribution in [2.75, 3.05) is 13.1 Å². The molecule has 2 rings (SSSR count). The molecular weight excluding hydrogens is 416 g/mol. The van der Waals surface area contributed by atoms with Crippen LogP contribution in [0, 0.1) is 0 Å². The zero-order valence-electron chi connectivity index (χ0n) is 17.8. The molecule has 0 aliphatic heterocycles. The fourth-order valence-electron chi connectivity index (χ4n) is 3.50. The number of fused-ring (bicyclic) bond motifs is 1. The number of benzene rings is 1. The van der Waals surface area contributed by atoms with Gasteiger partial charge in [-0.15, -0.1) is 0 Å². The smallest absolute Gasteiger partial charge is 0.326 e. The fraction of sp³-hybridized carbons (Fsp3) is 0.455. The third kappa shape index (κ3) is 6.14. The van der Waals surface area contributed by atoms with Crippen LogP contribution in [0.5, 0.6) is 0 Å². The van der Waals surface area contributed by atoms with Gasteiger partial charge in [-0.1, -0.05) is 24.3 Å². The van der Waals surface area contributed by atoms with Crippen molar-refractivity contribution < 1.29 is 29.4 Å². The van der Waals surface area contributed by atoms with Crippen molar-refractivity contribution in [2.24, 2.45) is 11.5 Å². The first-order valence-corrected chi connectivity index (χ1v) is 10.6. The maximum absolute atomic E-state index is 13.2. The van der Waals surface area contributed by atoms with Gasteiger partial charge in [0.1, 0.15) is 23.5 Å². The topological polar surface area (TPSA) is 185 Å². The number of carboxylic acid groups (broad SMARTS) is 2. The van der Waals surface area contributed by atoms with Crippen LogP contribution in [0.25, 0.3) is 0 Å². The van der Waals surface area contributed by atoms with Gasteiger partial charge in [-0.25, -0.2) is 9.59 Å². The van der Waals surface area contributed by atoms with Gasteiger partial charge in [0.05, 0.1) is 0 Å². The molecule has 10 nitrogen and oxygen atoms in total. The Morgan fingerprint density at radius 2 is 1.12 bits per heavy atom. The maximum atomic E-state index is 13.2. The quantitative estimate of drug-likeness (QED) is 0.221. The van der Waals surface area contributed by atoms with Gasteiger partial charge in [0.15, 0.2) is 0 Å². The minimum Gasteiger partial charge on any atom is -0.480 e. The molecule has 2 unspecified atom stereocenters. The second kappa shape index (κ2) is 12.0. The first-order chi connectivity index (χ1) is 15.3. The third-order valence-corrected chi connectivity index (χ3v) is 5.25. The summed E-state index contributed by atoms with van der Waals surface area (Å²) in [5, 5.41) is 24.6. The van der Waals surface area contributed by atoms with Crippen LogP contribution in [0.1, 0.15) is 59.2 Å². The highest BCUT2D eigenvalue weighted by Gasteiger charge is 2.36. The van der Waals surface area contributed by atoms with Gasteiger partial charge >= 0.3 is 11.9 Å². The van der Waals surface area contributed by atoms with E-state index in [1.165, 1.54) is 12.1 Å². The van der Waals surface area contributed by atoms with Gasteiger partial charge < -0.3 is 32.3 Å². The van der Waals surface area contributed by atoms with Gasteiger partial charge in [-0.2, -0.15) is 0 Å². The standard InChI is InChI=1S/C22H30N4O6/c23-11-5-3-9-15(21(29)30)25-17-18(26-16(22(31)32)10-4-6-12-24)20(28)14-8-2-1-7-13(14)19(17)27/h1-2,7-8,15-16,25-26H,3-6,9-12,23-24H2,(H,29,30)(H,31,32). The molecule has 174 valence electrons. The van der Waals surface area contributed by atoms with Crippen molar-refractivity contribution in [3.8, 4) is 0 Å². The molecule has 2 atom stereocenters. The molecule has 0 fully saturated rings. The Labute approximate surface area is 186 Å². The van der Waals surface area contributed by atoms with E-state index in [1.807, 2.05) is 0 Å². The largest absolute Gasteiger partial charge is 0.480 e. The molecule has 1 aliphatic carbocycles. The second-order valence-corrected chi connectivity index (χ2v) is 7.59. The lowest BCUT2D eigenvalue weighted by molar-refractivity contribution is -0.140. The minimum absolute atomic E-state index is 0.131. The van der Waals surface area contributed by atoms with E-state index in [-0.39, 0.29) is 35.4 Å². The van der Waals surface area contributed by atoms with Crippen LogP contribution in [-0.4, -0.2) is 58.9 Å². The molecule has 8 N–H and O–H groups in total. The van der Waals surface area contributed by atoms with Gasteiger partial charge in [0, 0.05) is 11.1 Å². The zero-order valence-corrected chi connectivity index (χ0v) is 17.8. The number of Topliss-reactive ketones (excluding diaryl/α,β-unsaturated/α-hetero) is 2. The van der Waals surface area contributed by atoms with Gasteiger partial charge in [0.25, 0.3) is 0 Å². The van der Waals surface area contributed by atoms with E-state index in [9.17, 15) is 29.4 Å². The number of rotatable bonds is 14. The van der Waals surface area contributed by atoms with Crippen LogP contribution in [0.4, 0.5) is 0 Å². The van der Waals surface area contributed by atoms with Crippen molar-refractivity contribution in [3.63, 3.8) is 0 Å². The van der Waals surface area contributed by atoms with E-state index in [0.29, 0.717) is 38.8 Å². The Bertz CT molecular complexity index is 827. The molecule has 1 aromatic carbocycles. The van der Waals surface area contributed by atoms with E-state index in [2.05, 4.69) is 10.6 Å². The van der Waals surface area contributed by atoms with Crippen LogP contribution >= 0.6 is 0 Å². The SMILES string of the molecule is NCCCCC(NC1=C(NC(CCCCN)C(=O)O)C(=O)c2ccccc2C1=O)C(=O)O. The molecule has 1 aromatic rings. The molecular formula is C22H30N4O6. The number of nitrogens with one attached hydrogen (secondary N) is 2. The molecule has 0 saturated carbocycles. The molecule has 32 heavy (non-hydrogen) atoms. The predicted octanol–water partition coefficient (Wildman–Crippen LogP) is 0.621. The molecule has 0 spiro atoms. The number of ketones is 2. The molecule has 1 aliphatic rings. The number of nitrogens with two attached hydrogens (primary N) is 2. The summed E-state index contributed by atoms with van der Waals surface area (Å²) in [6.07, 6.45) is 2.59. The van der Waals surface area contributed by atoms with Crippen molar-refractivity contribution >= 4 is 23.5 Å². The minimum atomic E-state index is -1.19. The lowest BCUT2D eigenvalue weighted by atomic mass is 9.89. The van der Waals surface area contributed by atoms with E-state index < -0.39 is 35.6 Å². The maximum Gasteiger partial charge on any atom is 0.326 e. The monoisotopic (exact) mass is 446 g/mol. The molecule has 10 heteroatoms. The summed E-state index contributed by atoms with van der Waals surface area (Å²) < 4.78 is 0. The van der Waals surface area contributed by atoms with Gasteiger partial charge in [0.2, 0.25) is 11.6 Å². The highest BCUT2D eigenvalue weighted by molar-refractivity contribution is 6.26. The molecule has 0 radical (unpaired) electrons. The summed E-state index contributed by atoms with van der Waals surface area (Å²) in [4.78, 5) is 49.9. The number of aliphatic carboxylic acids is 2. The summed E-state index contributed by atoms with van der Waals surface area (Å²) in [5.41, 5.74) is 10.7. The lowest BCUT2D eigenvalue weighted by Crippen LogP contribution is -2.46. The predicted molar refractivity (Wildman–Crippen MR) is 117 cm³/mol. The Kier molecular flexibility index (Phi) is 9.36. The van der Waals surface area contributed by atoms with Crippen molar-refractivity contribution in [3.05, 3.63) is 46.8 Å². The molecule has 0 aromatic heterocycles. The number of allylic oxidation sites excluding steroid dienone is 2. The number of hydrogen-bond acceptors (Lipinski definition) is 8. The summed E-state index contributed by atoms with van der Waals surface area (Å²) in [6, 6.07) is 3.88. The van der Waals surface area contributed by atoms with Crippen LogP contribution < -0.4 is 22.1 Å². The molecule has 0 bridgehead atoms. The van der Waals surface area contributed by atoms with E-state index in [4.69, 9.17) is 11.5 Å². The fourth-order valence-corrected chi connectivity index (χ4v) is 3.50. The third-order valence-electron chi connectivity index (χ3n) is 5.25. The van der Waals surface area contributed by atoms with Crippen molar-refractivity contribution in [2.45, 2.75) is 50.6 Å². The van der Waals surface area contributed by atoms with E-state index in [0.717, 1.165) is 0 Å². The summed E-state index contributed by atoms with van der Waals surface area (Å²) >= 11 is 0. The van der Waals surface area contributed by atoms with E-state index in [1.54, 1.807) is 12.1 Å². The Morgan fingerprint density at radius 1 is 0.750 bits per heavy atom. The number of hydrogen-bond donors (Lipinski definition) is 6. The Hall–Kier alpha value is -3.24.